The highest BCUT2D eigenvalue weighted by Gasteiger charge is 2.25. The summed E-state index contributed by atoms with van der Waals surface area (Å²) in [6.45, 7) is 0. The van der Waals surface area contributed by atoms with E-state index in [-0.39, 0.29) is 16.1 Å². The minimum Gasteiger partial charge on any atom is -0.465 e. The lowest BCUT2D eigenvalue weighted by atomic mass is 10.0. The monoisotopic (exact) mass is 505 g/mol. The second-order valence-electron chi connectivity index (χ2n) is 6.06. The molecule has 158 valence electrons. The summed E-state index contributed by atoms with van der Waals surface area (Å²) >= 11 is 4.38. The van der Waals surface area contributed by atoms with Crippen LogP contribution in [0.2, 0.25) is 0 Å². The maximum atomic E-state index is 12.7. The largest absolute Gasteiger partial charge is 0.465 e. The van der Waals surface area contributed by atoms with E-state index in [9.17, 15) is 29.8 Å². The van der Waals surface area contributed by atoms with Gasteiger partial charge in [-0.25, -0.2) is 4.79 Å². The van der Waals surface area contributed by atoms with Crippen LogP contribution in [0.4, 0.5) is 16.4 Å². The van der Waals surface area contributed by atoms with Crippen LogP contribution >= 0.6 is 27.3 Å². The molecule has 0 atom stereocenters. The summed E-state index contributed by atoms with van der Waals surface area (Å²) in [5.41, 5.74) is -0.182. The van der Waals surface area contributed by atoms with E-state index in [1.165, 1.54) is 7.11 Å². The summed E-state index contributed by atoms with van der Waals surface area (Å²) in [7, 11) is 1.20. The van der Waals surface area contributed by atoms with Crippen molar-refractivity contribution >= 4 is 55.5 Å². The first-order chi connectivity index (χ1) is 14.7. The molecule has 0 unspecified atom stereocenters. The highest BCUT2D eigenvalue weighted by Crippen LogP contribution is 2.37. The number of benzene rings is 2. The number of hydrogen-bond donors (Lipinski definition) is 1. The Morgan fingerprint density at radius 2 is 1.61 bits per heavy atom. The molecule has 1 amide bonds. The molecule has 0 aliphatic carbocycles. The fourth-order valence-electron chi connectivity index (χ4n) is 2.71. The number of thiophene rings is 1. The summed E-state index contributed by atoms with van der Waals surface area (Å²) in [5.74, 6) is -1.54. The summed E-state index contributed by atoms with van der Waals surface area (Å²) in [6, 6.07) is 9.71. The Labute approximate surface area is 186 Å². The van der Waals surface area contributed by atoms with Gasteiger partial charge in [-0.2, -0.15) is 0 Å². The lowest BCUT2D eigenvalue weighted by molar-refractivity contribution is -0.394. The van der Waals surface area contributed by atoms with Gasteiger partial charge in [0.15, 0.2) is 0 Å². The third kappa shape index (κ3) is 4.75. The molecule has 0 saturated carbocycles. The second-order valence-corrected chi connectivity index (χ2v) is 7.85. The molecule has 3 rings (SSSR count). The van der Waals surface area contributed by atoms with Gasteiger partial charge >= 0.3 is 5.97 Å². The molecule has 3 aromatic rings. The molecule has 0 saturated heterocycles. The van der Waals surface area contributed by atoms with Crippen molar-refractivity contribution in [1.82, 2.24) is 0 Å². The number of halogens is 1. The quantitative estimate of drug-likeness (QED) is 0.281. The third-order valence-electron chi connectivity index (χ3n) is 4.15. The predicted octanol–water partition coefficient (Wildman–Crippen LogP) is 5.03. The van der Waals surface area contributed by atoms with E-state index in [1.807, 2.05) is 0 Å². The van der Waals surface area contributed by atoms with Crippen LogP contribution in [-0.2, 0) is 4.74 Å². The van der Waals surface area contributed by atoms with Crippen molar-refractivity contribution in [2.75, 3.05) is 12.4 Å². The van der Waals surface area contributed by atoms with Crippen molar-refractivity contribution in [1.29, 1.82) is 0 Å². The summed E-state index contributed by atoms with van der Waals surface area (Å²) in [6.07, 6.45) is 0. The zero-order valence-corrected chi connectivity index (χ0v) is 18.1. The Morgan fingerprint density at radius 1 is 1.03 bits per heavy atom. The first-order valence-electron chi connectivity index (χ1n) is 8.42. The number of anilines is 1. The van der Waals surface area contributed by atoms with Crippen LogP contribution < -0.4 is 5.32 Å². The van der Waals surface area contributed by atoms with Crippen LogP contribution in [0.1, 0.15) is 20.7 Å². The zero-order chi connectivity index (χ0) is 22.7. The first-order valence-corrected chi connectivity index (χ1v) is 10.1. The van der Waals surface area contributed by atoms with Gasteiger partial charge in [-0.15, -0.1) is 11.3 Å². The maximum Gasteiger partial charge on any atom is 0.341 e. The molecule has 10 nitrogen and oxygen atoms in total. The fourth-order valence-corrected chi connectivity index (χ4v) is 3.93. The fraction of sp³-hybridized carbons (Fsp3) is 0.0526. The number of nitrogens with one attached hydrogen (secondary N) is 1. The highest BCUT2D eigenvalue weighted by atomic mass is 79.9. The summed E-state index contributed by atoms with van der Waals surface area (Å²) in [4.78, 5) is 45.6. The van der Waals surface area contributed by atoms with Crippen LogP contribution in [0.5, 0.6) is 0 Å². The van der Waals surface area contributed by atoms with Crippen LogP contribution in [0.25, 0.3) is 11.1 Å². The molecule has 0 fully saturated rings. The lowest BCUT2D eigenvalue weighted by Gasteiger charge is -2.08. The Bertz CT molecular complexity index is 1180. The van der Waals surface area contributed by atoms with Crippen molar-refractivity contribution in [3.05, 3.63) is 83.7 Å². The van der Waals surface area contributed by atoms with E-state index in [4.69, 9.17) is 4.74 Å². The topological polar surface area (TPSA) is 142 Å². The SMILES string of the molecule is COC(=O)c1c(-c2ccc(Br)cc2)csc1NC(=O)c1cc([N+](=O)[O-])cc([N+](=O)[O-])c1. The van der Waals surface area contributed by atoms with Crippen molar-refractivity contribution in [3.63, 3.8) is 0 Å². The Hall–Kier alpha value is -3.64. The van der Waals surface area contributed by atoms with Crippen molar-refractivity contribution in [2.24, 2.45) is 0 Å². The third-order valence-corrected chi connectivity index (χ3v) is 5.57. The van der Waals surface area contributed by atoms with E-state index in [0.717, 1.165) is 34.0 Å². The van der Waals surface area contributed by atoms with E-state index in [1.54, 1.807) is 29.6 Å². The number of amides is 1. The van der Waals surface area contributed by atoms with Gasteiger partial charge in [-0.1, -0.05) is 28.1 Å². The number of non-ortho nitro benzene ring substituents is 2. The first kappa shape index (κ1) is 22.1. The number of nitro benzene ring substituents is 2. The molecule has 0 aliphatic rings. The Balaban J connectivity index is 2.02. The van der Waals surface area contributed by atoms with Gasteiger partial charge in [-0.3, -0.25) is 25.0 Å². The molecule has 0 spiro atoms. The van der Waals surface area contributed by atoms with Crippen molar-refractivity contribution < 1.29 is 24.2 Å². The molecule has 0 radical (unpaired) electrons. The lowest BCUT2D eigenvalue weighted by Crippen LogP contribution is -2.14. The number of carbonyl (C=O) groups is 2. The van der Waals surface area contributed by atoms with Crippen LogP contribution in [0.3, 0.4) is 0 Å². The van der Waals surface area contributed by atoms with Crippen molar-refractivity contribution in [2.45, 2.75) is 0 Å². The van der Waals surface area contributed by atoms with Gasteiger partial charge < -0.3 is 10.1 Å². The highest BCUT2D eigenvalue weighted by molar-refractivity contribution is 9.10. The normalized spacial score (nSPS) is 10.4. The standard InChI is InChI=1S/C19H12BrN3O7S/c1-30-19(25)16-15(10-2-4-12(20)5-3-10)9-31-18(16)21-17(24)11-6-13(22(26)27)8-14(7-11)23(28)29/h2-9H,1H3,(H,21,24). The number of esters is 1. The van der Waals surface area contributed by atoms with Crippen molar-refractivity contribution in [3.8, 4) is 11.1 Å². The number of nitrogens with zero attached hydrogens (tertiary/aromatic N) is 2. The maximum absolute atomic E-state index is 12.7. The van der Waals surface area contributed by atoms with Gasteiger partial charge in [0, 0.05) is 27.5 Å². The molecule has 0 bridgehead atoms. The molecule has 0 aliphatic heterocycles. The average Bonchev–Trinajstić information content (AvgIpc) is 3.16. The number of nitro groups is 2. The zero-order valence-electron chi connectivity index (χ0n) is 15.7. The number of methoxy groups -OCH3 is 1. The van der Waals surface area contributed by atoms with E-state index < -0.39 is 33.1 Å². The number of hydrogen-bond acceptors (Lipinski definition) is 8. The molecule has 1 N–H and O–H groups in total. The van der Waals surface area contributed by atoms with Gasteiger partial charge in [0.2, 0.25) is 0 Å². The van der Waals surface area contributed by atoms with E-state index in [2.05, 4.69) is 21.2 Å². The molecular weight excluding hydrogens is 494 g/mol. The number of carbonyl (C=O) groups excluding carboxylic acids is 2. The smallest absolute Gasteiger partial charge is 0.341 e. The molecule has 12 heteroatoms. The minimum absolute atomic E-state index is 0.100. The Kier molecular flexibility index (Phi) is 6.42. The molecular formula is C19H12BrN3O7S. The Morgan fingerprint density at radius 3 is 2.13 bits per heavy atom. The number of rotatable bonds is 6. The average molecular weight is 506 g/mol. The molecule has 2 aromatic carbocycles. The minimum atomic E-state index is -0.846. The van der Waals surface area contributed by atoms with Crippen LogP contribution in [-0.4, -0.2) is 28.8 Å². The number of ether oxygens (including phenoxy) is 1. The van der Waals surface area contributed by atoms with Gasteiger partial charge in [0.1, 0.15) is 10.6 Å². The van der Waals surface area contributed by atoms with Gasteiger partial charge in [-0.05, 0) is 17.7 Å². The predicted molar refractivity (Wildman–Crippen MR) is 116 cm³/mol. The molecule has 1 aromatic heterocycles. The van der Waals surface area contributed by atoms with Crippen LogP contribution in [0, 0.1) is 20.2 Å². The summed E-state index contributed by atoms with van der Waals surface area (Å²) < 4.78 is 5.68. The van der Waals surface area contributed by atoms with E-state index >= 15 is 0 Å². The molecule has 31 heavy (non-hydrogen) atoms. The van der Waals surface area contributed by atoms with E-state index in [0.29, 0.717) is 11.1 Å². The van der Waals surface area contributed by atoms with Gasteiger partial charge in [0.25, 0.3) is 17.3 Å². The molecule has 1 heterocycles. The van der Waals surface area contributed by atoms with Gasteiger partial charge in [0.05, 0.1) is 28.6 Å². The van der Waals surface area contributed by atoms with Crippen LogP contribution in [0.15, 0.2) is 52.3 Å². The summed E-state index contributed by atoms with van der Waals surface area (Å²) in [5, 5.41) is 26.4. The second kappa shape index (κ2) is 9.02.